The molecule has 13 N–H and O–H groups in total. The summed E-state index contributed by atoms with van der Waals surface area (Å²) in [6, 6.07) is 0.286. The molecule has 3 unspecified atom stereocenters. The summed E-state index contributed by atoms with van der Waals surface area (Å²) in [6.07, 6.45) is -18.1. The number of aliphatic hydroxyl groups is 9. The highest BCUT2D eigenvalue weighted by molar-refractivity contribution is 8.76. The van der Waals surface area contributed by atoms with E-state index in [0.29, 0.717) is 36.1 Å². The van der Waals surface area contributed by atoms with E-state index in [2.05, 4.69) is 21.3 Å². The summed E-state index contributed by atoms with van der Waals surface area (Å²) in [6.45, 7) is -1.11. The highest BCUT2D eigenvalue weighted by atomic mass is 33.1. The molecular weight excluding hydrogens is 861 g/mol. The van der Waals surface area contributed by atoms with Crippen LogP contribution in [-0.4, -0.2) is 224 Å². The monoisotopic (exact) mass is 920 g/mol. The number of nitrogens with one attached hydrogen (secondary N) is 4. The molecule has 0 spiro atoms. The largest absolute Gasteiger partial charge is 0.394 e. The first-order valence-corrected chi connectivity index (χ1v) is 23.7. The number of urea groups is 1. The first-order chi connectivity index (χ1) is 28.8. The van der Waals surface area contributed by atoms with Gasteiger partial charge in [0.15, 0.2) is 18.9 Å². The van der Waals surface area contributed by atoms with Crippen LogP contribution in [0, 0.1) is 0 Å². The molecule has 0 aliphatic carbocycles. The van der Waals surface area contributed by atoms with Crippen molar-refractivity contribution in [3.05, 3.63) is 0 Å². The summed E-state index contributed by atoms with van der Waals surface area (Å²) < 4.78 is 33.4. The van der Waals surface area contributed by atoms with E-state index < -0.39 is 106 Å². The Balaban J connectivity index is 0.899. The Hall–Kier alpha value is -1.34. The number of amides is 4. The van der Waals surface area contributed by atoms with Crippen LogP contribution in [0.1, 0.15) is 38.5 Å². The fourth-order valence-electron chi connectivity index (χ4n) is 7.28. The summed E-state index contributed by atoms with van der Waals surface area (Å²) >= 11 is 1.87. The van der Waals surface area contributed by atoms with Crippen molar-refractivity contribution in [1.29, 1.82) is 0 Å². The maximum absolute atomic E-state index is 12.3. The van der Waals surface area contributed by atoms with Gasteiger partial charge < -0.3 is 95.6 Å². The second kappa shape index (κ2) is 24.6. The van der Waals surface area contributed by atoms with Gasteiger partial charge in [-0.15, -0.1) is 0 Å². The quantitative estimate of drug-likeness (QED) is 0.0245. The van der Waals surface area contributed by atoms with Crippen LogP contribution >= 0.6 is 33.3 Å². The van der Waals surface area contributed by atoms with E-state index in [4.69, 9.17) is 28.4 Å². The fraction of sp³-hybridized carbons (Fsp3) is 0.914. The number of rotatable bonds is 24. The van der Waals surface area contributed by atoms with Gasteiger partial charge in [-0.2, -0.15) is 11.8 Å². The number of carbonyl (C=O) groups excluding carboxylic acids is 3. The van der Waals surface area contributed by atoms with Crippen LogP contribution < -0.4 is 21.3 Å². The van der Waals surface area contributed by atoms with Crippen LogP contribution in [-0.2, 0) is 38.0 Å². The highest BCUT2D eigenvalue weighted by Gasteiger charge is 2.52. The van der Waals surface area contributed by atoms with Gasteiger partial charge in [0.1, 0.15) is 67.1 Å². The molecule has 0 aromatic heterocycles. The van der Waals surface area contributed by atoms with Crippen molar-refractivity contribution in [1.82, 2.24) is 21.3 Å². The molecule has 5 aliphatic rings. The average molecular weight is 921 g/mol. The van der Waals surface area contributed by atoms with Crippen LogP contribution in [0.4, 0.5) is 4.79 Å². The molecule has 25 heteroatoms. The SMILES string of the molecule is O=C(CCCCC1SCC2NC(=O)NC21)NCCSSCCC(=O)NCCCO[C@@H]1O[C@H](CO[C@H]2O[C@H](CO)[C@@H](O)[C@H](O)[C@@H]2O[C@H]2O[C@H](CO)[C@@H](O)[C@H](O)[C@@H]2O)[C@@H](O)[C@@H]1O. The minimum Gasteiger partial charge on any atom is -0.394 e. The van der Waals surface area contributed by atoms with E-state index in [1.165, 1.54) is 10.8 Å². The maximum Gasteiger partial charge on any atom is 0.315 e. The molecule has 4 amide bonds. The number of hydrogen-bond acceptors (Lipinski definition) is 21. The summed E-state index contributed by atoms with van der Waals surface area (Å²) in [5.74, 6) is 2.06. The van der Waals surface area contributed by atoms with Gasteiger partial charge in [0, 0.05) is 48.4 Å². The Kier molecular flexibility index (Phi) is 20.4. The van der Waals surface area contributed by atoms with Crippen LogP contribution in [0.5, 0.6) is 0 Å². The molecule has 346 valence electrons. The van der Waals surface area contributed by atoms with Gasteiger partial charge in [-0.25, -0.2) is 4.79 Å². The van der Waals surface area contributed by atoms with Gasteiger partial charge in [0.05, 0.1) is 38.5 Å². The van der Waals surface area contributed by atoms with Crippen molar-refractivity contribution in [3.63, 3.8) is 0 Å². The van der Waals surface area contributed by atoms with Crippen LogP contribution in [0.2, 0.25) is 0 Å². The number of unbranched alkanes of at least 4 members (excludes halogenated alkanes) is 1. The number of fused-ring (bicyclic) bond motifs is 1. The molecule has 5 heterocycles. The second-order valence-corrected chi connectivity index (χ2v) is 19.0. The van der Waals surface area contributed by atoms with Crippen molar-refractivity contribution in [3.8, 4) is 0 Å². The molecule has 5 rings (SSSR count). The van der Waals surface area contributed by atoms with Crippen molar-refractivity contribution < 1.29 is 88.8 Å². The molecule has 0 radical (unpaired) electrons. The van der Waals surface area contributed by atoms with Crippen molar-refractivity contribution in [2.75, 3.05) is 56.8 Å². The number of ether oxygens (including phenoxy) is 6. The zero-order valence-corrected chi connectivity index (χ0v) is 35.3. The normalized spacial score (nSPS) is 39.0. The molecule has 17 atom stereocenters. The van der Waals surface area contributed by atoms with Gasteiger partial charge in [0.2, 0.25) is 11.8 Å². The Morgan fingerprint density at radius 2 is 1.33 bits per heavy atom. The third kappa shape index (κ3) is 13.6. The Morgan fingerprint density at radius 3 is 2.08 bits per heavy atom. The lowest BCUT2D eigenvalue weighted by molar-refractivity contribution is -0.369. The molecule has 0 aromatic carbocycles. The van der Waals surface area contributed by atoms with Crippen LogP contribution in [0.25, 0.3) is 0 Å². The van der Waals surface area contributed by atoms with Gasteiger partial charge in [-0.1, -0.05) is 28.0 Å². The predicted octanol–water partition coefficient (Wildman–Crippen LogP) is -4.79. The number of carbonyl (C=O) groups is 3. The summed E-state index contributed by atoms with van der Waals surface area (Å²) in [5, 5.41) is 104. The molecule has 60 heavy (non-hydrogen) atoms. The molecular formula is C35H60N4O18S3. The standard InChI is InChI=1S/C35H60N4O18S3/c40-12-17-24(44)27(47)30(50)33(54-17)57-31-28(48)25(45)18(13-41)55-34(31)53-14-19-26(46)29(49)32(56-19)52-9-3-7-36-22(43)6-10-59-60-11-8-37-21(42)5-2-1-4-20-23-16(15-58-20)38-35(51)39-23/h16-20,23-34,40-41,44-50H,1-15H2,(H,36,43)(H,37,42)(H2,38,39,51)/t16?,17-,18-,19-,20?,23?,24-,25-,26-,27+,28+,29+,30+,31+,32-,33-,34+/m1/s1. The van der Waals surface area contributed by atoms with Crippen molar-refractivity contribution >= 4 is 51.2 Å². The van der Waals surface area contributed by atoms with Crippen molar-refractivity contribution in [2.45, 2.75) is 142 Å². The summed E-state index contributed by atoms with van der Waals surface area (Å²) in [4.78, 5) is 36.0. The molecule has 5 saturated heterocycles. The Morgan fingerprint density at radius 1 is 0.700 bits per heavy atom. The van der Waals surface area contributed by atoms with E-state index in [1.54, 1.807) is 10.8 Å². The third-order valence-corrected chi connectivity index (χ3v) is 14.6. The second-order valence-electron chi connectivity index (χ2n) is 15.0. The Bertz CT molecular complexity index is 1350. The predicted molar refractivity (Wildman–Crippen MR) is 213 cm³/mol. The van der Waals surface area contributed by atoms with E-state index in [1.807, 2.05) is 11.8 Å². The lowest BCUT2D eigenvalue weighted by Gasteiger charge is -2.46. The van der Waals surface area contributed by atoms with E-state index >= 15 is 0 Å². The molecule has 5 fully saturated rings. The maximum atomic E-state index is 12.3. The lowest BCUT2D eigenvalue weighted by atomic mass is 9.97. The van der Waals surface area contributed by atoms with E-state index in [0.717, 1.165) is 25.0 Å². The molecule has 0 aromatic rings. The summed E-state index contributed by atoms with van der Waals surface area (Å²) in [7, 11) is 3.10. The molecule has 22 nitrogen and oxygen atoms in total. The minimum absolute atomic E-state index is 0.0146. The van der Waals surface area contributed by atoms with Gasteiger partial charge in [0.25, 0.3) is 0 Å². The third-order valence-electron chi connectivity index (χ3n) is 10.7. The first kappa shape index (κ1) is 49.7. The molecule has 5 aliphatic heterocycles. The summed E-state index contributed by atoms with van der Waals surface area (Å²) in [5.41, 5.74) is 0. The number of thioether (sulfide) groups is 1. The topological polar surface area (TPSA) is 337 Å². The fourth-order valence-corrected chi connectivity index (χ4v) is 10.7. The zero-order valence-electron chi connectivity index (χ0n) is 32.8. The van der Waals surface area contributed by atoms with E-state index in [9.17, 15) is 60.3 Å². The Labute approximate surface area is 358 Å². The smallest absolute Gasteiger partial charge is 0.315 e. The number of hydrogen-bond donors (Lipinski definition) is 13. The zero-order chi connectivity index (χ0) is 43.3. The minimum atomic E-state index is -1.85. The first-order valence-electron chi connectivity index (χ1n) is 20.1. The lowest BCUT2D eigenvalue weighted by Crippen LogP contribution is -2.64. The van der Waals surface area contributed by atoms with Crippen LogP contribution in [0.15, 0.2) is 0 Å². The highest BCUT2D eigenvalue weighted by Crippen LogP contribution is 2.34. The van der Waals surface area contributed by atoms with Crippen molar-refractivity contribution in [2.24, 2.45) is 0 Å². The van der Waals surface area contributed by atoms with Gasteiger partial charge >= 0.3 is 6.03 Å². The molecule has 0 bridgehead atoms. The average Bonchev–Trinajstić information content (AvgIpc) is 3.88. The van der Waals surface area contributed by atoms with E-state index in [-0.39, 0.29) is 49.5 Å². The van der Waals surface area contributed by atoms with Gasteiger partial charge in [-0.3, -0.25) is 9.59 Å². The van der Waals surface area contributed by atoms with Crippen LogP contribution in [0.3, 0.4) is 0 Å². The van der Waals surface area contributed by atoms with Gasteiger partial charge in [-0.05, 0) is 19.3 Å². The molecule has 0 saturated carbocycles. The number of aliphatic hydroxyl groups excluding tert-OH is 9.